The monoisotopic (exact) mass is 654 g/mol. The second-order valence-electron chi connectivity index (χ2n) is 12.0. The number of halogens is 7. The molecular formula is C35H37F7O4. The summed E-state index contributed by atoms with van der Waals surface area (Å²) in [6, 6.07) is 13.9. The van der Waals surface area contributed by atoms with Crippen LogP contribution in [0.5, 0.6) is 5.75 Å². The molecule has 0 radical (unpaired) electrons. The molecule has 1 aliphatic carbocycles. The van der Waals surface area contributed by atoms with Crippen molar-refractivity contribution >= 4 is 0 Å². The molecule has 0 amide bonds. The Morgan fingerprint density at radius 1 is 0.739 bits per heavy atom. The molecule has 0 bridgehead atoms. The van der Waals surface area contributed by atoms with Gasteiger partial charge in [-0.3, -0.25) is 0 Å². The first-order valence-corrected chi connectivity index (χ1v) is 15.7. The Labute approximate surface area is 263 Å². The molecule has 0 spiro atoms. The molecule has 0 atom stereocenters. The summed E-state index contributed by atoms with van der Waals surface area (Å²) in [6.45, 7) is 1.38. The summed E-state index contributed by atoms with van der Waals surface area (Å²) in [4.78, 5) is 0. The van der Waals surface area contributed by atoms with E-state index in [1.807, 2.05) is 24.3 Å². The van der Waals surface area contributed by atoms with Crippen molar-refractivity contribution in [2.45, 2.75) is 89.1 Å². The quantitative estimate of drug-likeness (QED) is 0.152. The van der Waals surface area contributed by atoms with Crippen molar-refractivity contribution in [1.82, 2.24) is 0 Å². The smallest absolute Gasteiger partial charge is 0.403 e. The lowest BCUT2D eigenvalue weighted by atomic mass is 9.77. The van der Waals surface area contributed by atoms with Crippen molar-refractivity contribution in [1.29, 1.82) is 0 Å². The molecule has 250 valence electrons. The number of hydrogen-bond donors (Lipinski definition) is 0. The van der Waals surface area contributed by atoms with Crippen LogP contribution in [0.3, 0.4) is 0 Å². The van der Waals surface area contributed by atoms with E-state index in [0.717, 1.165) is 49.1 Å². The van der Waals surface area contributed by atoms with E-state index in [1.165, 1.54) is 50.2 Å². The summed E-state index contributed by atoms with van der Waals surface area (Å²) in [7, 11) is 0. The number of unbranched alkanes of at least 4 members (excludes halogenated alkanes) is 2. The third kappa shape index (κ3) is 8.80. The van der Waals surface area contributed by atoms with Gasteiger partial charge in [-0.1, -0.05) is 69.0 Å². The normalized spacial score (nSPS) is 22.5. The summed E-state index contributed by atoms with van der Waals surface area (Å²) in [6.07, 6.45) is -1.74. The Bertz CT molecular complexity index is 1430. The highest BCUT2D eigenvalue weighted by atomic mass is 19.4. The molecule has 1 heterocycles. The van der Waals surface area contributed by atoms with Crippen molar-refractivity contribution in [3.8, 4) is 16.9 Å². The Balaban J connectivity index is 1.14. The molecule has 46 heavy (non-hydrogen) atoms. The molecule has 1 saturated heterocycles. The largest absolute Gasteiger partial charge is 0.573 e. The van der Waals surface area contributed by atoms with Crippen molar-refractivity contribution < 1.29 is 49.7 Å². The standard InChI is InChI=1S/C35H37F7O4/c1-2-3-4-5-22-6-8-23(9-7-22)24-10-12-25(13-11-24)26-14-16-29(30(36)18-26)34(38,39)45-28-20-43-33(44-21-28)27-15-17-32(31(37)19-27)46-35(40,41)42/h10-19,22-23,28,33H,2-9,20-21H2,1H3. The Kier molecular flexibility index (Phi) is 11.0. The highest BCUT2D eigenvalue weighted by molar-refractivity contribution is 5.64. The zero-order valence-corrected chi connectivity index (χ0v) is 25.4. The number of rotatable bonds is 11. The average molecular weight is 655 g/mol. The van der Waals surface area contributed by atoms with E-state index in [0.29, 0.717) is 17.0 Å². The third-order valence-corrected chi connectivity index (χ3v) is 8.70. The molecule has 0 N–H and O–H groups in total. The van der Waals surface area contributed by atoms with Crippen molar-refractivity contribution in [2.75, 3.05) is 13.2 Å². The second-order valence-corrected chi connectivity index (χ2v) is 12.0. The van der Waals surface area contributed by atoms with E-state index >= 15 is 13.2 Å². The predicted octanol–water partition coefficient (Wildman–Crippen LogP) is 10.6. The fourth-order valence-electron chi connectivity index (χ4n) is 6.24. The van der Waals surface area contributed by atoms with Gasteiger partial charge in [0.05, 0.1) is 18.8 Å². The van der Waals surface area contributed by atoms with Crippen molar-refractivity contribution in [3.63, 3.8) is 0 Å². The zero-order valence-electron chi connectivity index (χ0n) is 25.4. The van der Waals surface area contributed by atoms with Gasteiger partial charge in [-0.15, -0.1) is 13.2 Å². The van der Waals surface area contributed by atoms with Gasteiger partial charge in [0.15, 0.2) is 17.9 Å². The Morgan fingerprint density at radius 3 is 2.00 bits per heavy atom. The van der Waals surface area contributed by atoms with Gasteiger partial charge < -0.3 is 18.9 Å². The minimum absolute atomic E-state index is 0.0112. The zero-order chi connectivity index (χ0) is 32.9. The molecule has 0 aromatic heterocycles. The summed E-state index contributed by atoms with van der Waals surface area (Å²) >= 11 is 0. The summed E-state index contributed by atoms with van der Waals surface area (Å²) in [5.41, 5.74) is 1.46. The minimum Gasteiger partial charge on any atom is -0.403 e. The summed E-state index contributed by atoms with van der Waals surface area (Å²) < 4.78 is 115. The molecule has 1 saturated carbocycles. The van der Waals surface area contributed by atoms with Crippen LogP contribution in [0.2, 0.25) is 0 Å². The number of alkyl halides is 5. The highest BCUT2D eigenvalue weighted by Crippen LogP contribution is 2.40. The SMILES string of the molecule is CCCCCC1CCC(c2ccc(-c3ccc(C(F)(F)OC4COC(c5ccc(OC(F)(F)F)c(F)c5)OC4)c(F)c3)cc2)CC1. The van der Waals surface area contributed by atoms with Gasteiger partial charge >= 0.3 is 12.5 Å². The first kappa shape index (κ1) is 34.2. The van der Waals surface area contributed by atoms with Crippen LogP contribution in [0, 0.1) is 17.6 Å². The van der Waals surface area contributed by atoms with E-state index in [1.54, 1.807) is 0 Å². The lowest BCUT2D eigenvalue weighted by molar-refractivity contribution is -0.321. The van der Waals surface area contributed by atoms with Crippen molar-refractivity contribution in [2.24, 2.45) is 5.92 Å². The number of benzene rings is 3. The lowest BCUT2D eigenvalue weighted by Gasteiger charge is -2.32. The molecule has 2 fully saturated rings. The van der Waals surface area contributed by atoms with E-state index in [9.17, 15) is 17.6 Å². The molecule has 2 aliphatic rings. The van der Waals surface area contributed by atoms with Crippen LogP contribution >= 0.6 is 0 Å². The Morgan fingerprint density at radius 2 is 1.39 bits per heavy atom. The van der Waals surface area contributed by atoms with E-state index in [4.69, 9.17) is 14.2 Å². The predicted molar refractivity (Wildman–Crippen MR) is 157 cm³/mol. The molecule has 4 nitrogen and oxygen atoms in total. The third-order valence-electron chi connectivity index (χ3n) is 8.70. The minimum atomic E-state index is -5.08. The first-order valence-electron chi connectivity index (χ1n) is 15.7. The van der Waals surface area contributed by atoms with E-state index in [-0.39, 0.29) is 5.56 Å². The second kappa shape index (κ2) is 14.7. The first-order chi connectivity index (χ1) is 21.9. The van der Waals surface area contributed by atoms with Crippen LogP contribution in [-0.2, 0) is 20.3 Å². The molecule has 5 rings (SSSR count). The molecule has 0 unspecified atom stereocenters. The molecule has 3 aromatic carbocycles. The molecule has 11 heteroatoms. The maximum absolute atomic E-state index is 15.0. The molecular weight excluding hydrogens is 617 g/mol. The summed E-state index contributed by atoms with van der Waals surface area (Å²) in [5, 5.41) is 0. The maximum Gasteiger partial charge on any atom is 0.573 e. The van der Waals surface area contributed by atoms with Crippen LogP contribution in [0.25, 0.3) is 11.1 Å². The van der Waals surface area contributed by atoms with Gasteiger partial charge in [0.1, 0.15) is 11.9 Å². The fourth-order valence-corrected chi connectivity index (χ4v) is 6.24. The van der Waals surface area contributed by atoms with Crippen LogP contribution in [0.1, 0.15) is 87.2 Å². The molecule has 1 aliphatic heterocycles. The highest BCUT2D eigenvalue weighted by Gasteiger charge is 2.41. The number of ether oxygens (including phenoxy) is 4. The van der Waals surface area contributed by atoms with Crippen LogP contribution in [-0.4, -0.2) is 25.7 Å². The van der Waals surface area contributed by atoms with Crippen LogP contribution in [0.4, 0.5) is 30.7 Å². The topological polar surface area (TPSA) is 36.9 Å². The summed E-state index contributed by atoms with van der Waals surface area (Å²) in [5.74, 6) is -2.18. The molecule has 3 aromatic rings. The van der Waals surface area contributed by atoms with Gasteiger partial charge in [-0.05, 0) is 78.5 Å². The van der Waals surface area contributed by atoms with Gasteiger partial charge in [-0.2, -0.15) is 8.78 Å². The van der Waals surface area contributed by atoms with E-state index in [2.05, 4.69) is 11.7 Å². The average Bonchev–Trinajstić information content (AvgIpc) is 3.02. The Hall–Kier alpha value is -3.15. The van der Waals surface area contributed by atoms with Gasteiger partial charge in [-0.25, -0.2) is 8.78 Å². The van der Waals surface area contributed by atoms with Crippen LogP contribution < -0.4 is 4.74 Å². The van der Waals surface area contributed by atoms with E-state index < -0.39 is 61.0 Å². The van der Waals surface area contributed by atoms with Gasteiger partial charge in [0.2, 0.25) is 0 Å². The number of hydrogen-bond acceptors (Lipinski definition) is 4. The van der Waals surface area contributed by atoms with Gasteiger partial charge in [0.25, 0.3) is 0 Å². The maximum atomic E-state index is 15.0. The van der Waals surface area contributed by atoms with Crippen molar-refractivity contribution in [3.05, 3.63) is 89.0 Å². The van der Waals surface area contributed by atoms with Gasteiger partial charge in [0, 0.05) is 5.56 Å². The van der Waals surface area contributed by atoms with Crippen LogP contribution in [0.15, 0.2) is 60.7 Å². The lowest BCUT2D eigenvalue weighted by Crippen LogP contribution is -2.38. The fraction of sp³-hybridized carbons (Fsp3) is 0.486.